The first-order valence-corrected chi connectivity index (χ1v) is 6.37. The standard InChI is InChI=1S/C8H18.C5H10NO/c1-4-7-8(5-2)6-3;1-6-2-4-7-5-3-6/h8H,4-7H2,1-3H3;1-5H2/q;+1. The highest BCUT2D eigenvalue weighted by molar-refractivity contribution is 5.14. The molecule has 0 N–H and O–H groups in total. The van der Waals surface area contributed by atoms with Crippen molar-refractivity contribution in [2.24, 2.45) is 5.92 Å². The van der Waals surface area contributed by atoms with Gasteiger partial charge >= 0.3 is 0 Å². The van der Waals surface area contributed by atoms with Crippen molar-refractivity contribution >= 4 is 6.72 Å². The first-order valence-electron chi connectivity index (χ1n) is 6.37. The summed E-state index contributed by atoms with van der Waals surface area (Å²) in [5, 5.41) is 0. The second-order valence-electron chi connectivity index (χ2n) is 4.20. The van der Waals surface area contributed by atoms with Crippen molar-refractivity contribution in [2.75, 3.05) is 26.3 Å². The molecule has 0 bridgehead atoms. The van der Waals surface area contributed by atoms with Crippen molar-refractivity contribution in [1.82, 2.24) is 0 Å². The second kappa shape index (κ2) is 10.2. The van der Waals surface area contributed by atoms with Gasteiger partial charge < -0.3 is 4.74 Å². The lowest BCUT2D eigenvalue weighted by Gasteiger charge is -2.08. The van der Waals surface area contributed by atoms with Gasteiger partial charge in [0.05, 0.1) is 0 Å². The lowest BCUT2D eigenvalue weighted by molar-refractivity contribution is -0.541. The largest absolute Gasteiger partial charge is 0.368 e. The molecule has 1 fully saturated rings. The third kappa shape index (κ3) is 8.61. The fourth-order valence-electron chi connectivity index (χ4n) is 1.71. The second-order valence-corrected chi connectivity index (χ2v) is 4.20. The Kier molecular flexibility index (Phi) is 9.91. The van der Waals surface area contributed by atoms with E-state index < -0.39 is 0 Å². The van der Waals surface area contributed by atoms with Crippen molar-refractivity contribution < 1.29 is 9.31 Å². The van der Waals surface area contributed by atoms with Crippen molar-refractivity contribution in [3.63, 3.8) is 0 Å². The van der Waals surface area contributed by atoms with Crippen LogP contribution in [0.25, 0.3) is 0 Å². The molecule has 1 aliphatic rings. The Hall–Kier alpha value is -0.370. The van der Waals surface area contributed by atoms with Crippen molar-refractivity contribution in [1.29, 1.82) is 0 Å². The highest BCUT2D eigenvalue weighted by Gasteiger charge is 2.05. The predicted octanol–water partition coefficient (Wildman–Crippen LogP) is 2.95. The molecule has 0 saturated carbocycles. The van der Waals surface area contributed by atoms with Crippen LogP contribution >= 0.6 is 0 Å². The summed E-state index contributed by atoms with van der Waals surface area (Å²) < 4.78 is 7.08. The zero-order chi connectivity index (χ0) is 11.5. The molecule has 0 aromatic rings. The first-order chi connectivity index (χ1) is 7.24. The van der Waals surface area contributed by atoms with E-state index in [1.54, 1.807) is 0 Å². The average molecular weight is 214 g/mol. The summed E-state index contributed by atoms with van der Waals surface area (Å²) in [6.45, 7) is 14.2. The number of rotatable bonds is 4. The van der Waals surface area contributed by atoms with Crippen LogP contribution in [0.15, 0.2) is 0 Å². The van der Waals surface area contributed by atoms with E-state index in [1.165, 1.54) is 25.7 Å². The van der Waals surface area contributed by atoms with E-state index in [4.69, 9.17) is 4.74 Å². The normalized spacial score (nSPS) is 16.1. The van der Waals surface area contributed by atoms with Crippen LogP contribution in [0.1, 0.15) is 46.5 Å². The molecule has 1 aliphatic heterocycles. The third-order valence-corrected chi connectivity index (χ3v) is 2.96. The Bertz CT molecular complexity index is 145. The molecular formula is C13H28NO+. The number of ether oxygens (including phenoxy) is 1. The van der Waals surface area contributed by atoms with Gasteiger partial charge in [-0.25, -0.2) is 4.58 Å². The van der Waals surface area contributed by atoms with E-state index in [0.717, 1.165) is 32.2 Å². The molecule has 1 heterocycles. The Morgan fingerprint density at radius 1 is 1.13 bits per heavy atom. The highest BCUT2D eigenvalue weighted by Crippen LogP contribution is 2.13. The van der Waals surface area contributed by atoms with E-state index in [1.807, 2.05) is 4.58 Å². The van der Waals surface area contributed by atoms with Crippen LogP contribution in [0.5, 0.6) is 0 Å². The van der Waals surface area contributed by atoms with Crippen LogP contribution in [-0.4, -0.2) is 37.6 Å². The van der Waals surface area contributed by atoms with Gasteiger partial charge in [-0.15, -0.1) is 0 Å². The van der Waals surface area contributed by atoms with Gasteiger partial charge in [-0.1, -0.05) is 46.5 Å². The van der Waals surface area contributed by atoms with Crippen molar-refractivity contribution in [2.45, 2.75) is 46.5 Å². The number of hydrogen-bond acceptors (Lipinski definition) is 1. The quantitative estimate of drug-likeness (QED) is 0.655. The fraction of sp³-hybridized carbons (Fsp3) is 0.923. The fourth-order valence-corrected chi connectivity index (χ4v) is 1.71. The molecule has 0 spiro atoms. The van der Waals surface area contributed by atoms with Crippen LogP contribution in [0, 0.1) is 5.92 Å². The molecule has 0 unspecified atom stereocenters. The molecule has 1 rings (SSSR count). The van der Waals surface area contributed by atoms with Gasteiger partial charge in [0.2, 0.25) is 0 Å². The number of nitrogens with zero attached hydrogens (tertiary/aromatic N) is 1. The lowest BCUT2D eigenvalue weighted by atomic mass is 9.98. The van der Waals surface area contributed by atoms with Crippen LogP contribution in [0.2, 0.25) is 0 Å². The Balaban J connectivity index is 0.000000262. The maximum absolute atomic E-state index is 5.06. The van der Waals surface area contributed by atoms with E-state index in [9.17, 15) is 0 Å². The SMILES string of the molecule is C=[N+]1CCOCC1.CCCC(CC)CC. The van der Waals surface area contributed by atoms with Crippen LogP contribution in [0.3, 0.4) is 0 Å². The maximum Gasteiger partial charge on any atom is 0.165 e. The molecule has 0 atom stereocenters. The molecule has 0 amide bonds. The summed E-state index contributed by atoms with van der Waals surface area (Å²) in [6.07, 6.45) is 5.51. The van der Waals surface area contributed by atoms with Crippen LogP contribution in [-0.2, 0) is 4.74 Å². The minimum absolute atomic E-state index is 0.851. The first kappa shape index (κ1) is 14.6. The van der Waals surface area contributed by atoms with Gasteiger partial charge in [0.25, 0.3) is 0 Å². The van der Waals surface area contributed by atoms with E-state index >= 15 is 0 Å². The minimum atomic E-state index is 0.851. The molecule has 0 aromatic carbocycles. The van der Waals surface area contributed by atoms with Gasteiger partial charge in [0.1, 0.15) is 19.9 Å². The van der Waals surface area contributed by atoms with E-state index in [2.05, 4.69) is 27.5 Å². The Morgan fingerprint density at radius 2 is 1.67 bits per heavy atom. The van der Waals surface area contributed by atoms with Gasteiger partial charge in [0.15, 0.2) is 13.1 Å². The molecule has 0 radical (unpaired) electrons. The van der Waals surface area contributed by atoms with Gasteiger partial charge in [-0.05, 0) is 5.92 Å². The summed E-state index contributed by atoms with van der Waals surface area (Å²) in [5.41, 5.74) is 0. The smallest absolute Gasteiger partial charge is 0.165 e. The Morgan fingerprint density at radius 3 is 1.87 bits per heavy atom. The topological polar surface area (TPSA) is 12.2 Å². The minimum Gasteiger partial charge on any atom is -0.368 e. The Labute approximate surface area is 95.3 Å². The van der Waals surface area contributed by atoms with Gasteiger partial charge in [-0.3, -0.25) is 0 Å². The molecule has 15 heavy (non-hydrogen) atoms. The van der Waals surface area contributed by atoms with E-state index in [0.29, 0.717) is 0 Å². The zero-order valence-corrected chi connectivity index (χ0v) is 10.8. The van der Waals surface area contributed by atoms with Crippen LogP contribution < -0.4 is 0 Å². The third-order valence-electron chi connectivity index (χ3n) is 2.96. The molecule has 1 saturated heterocycles. The van der Waals surface area contributed by atoms with Gasteiger partial charge in [0, 0.05) is 0 Å². The average Bonchev–Trinajstić information content (AvgIpc) is 2.28. The predicted molar refractivity (Wildman–Crippen MR) is 66.9 cm³/mol. The number of morpholine rings is 1. The van der Waals surface area contributed by atoms with Gasteiger partial charge in [-0.2, -0.15) is 0 Å². The van der Waals surface area contributed by atoms with Crippen LogP contribution in [0.4, 0.5) is 0 Å². The molecule has 90 valence electrons. The monoisotopic (exact) mass is 214 g/mol. The summed E-state index contributed by atoms with van der Waals surface area (Å²) in [4.78, 5) is 0. The molecule has 2 heteroatoms. The number of hydrogen-bond donors (Lipinski definition) is 0. The lowest BCUT2D eigenvalue weighted by Crippen LogP contribution is -2.26. The molecule has 0 aromatic heterocycles. The molecular weight excluding hydrogens is 186 g/mol. The summed E-state index contributed by atoms with van der Waals surface area (Å²) in [7, 11) is 0. The molecule has 0 aliphatic carbocycles. The van der Waals surface area contributed by atoms with Crippen molar-refractivity contribution in [3.05, 3.63) is 0 Å². The molecule has 2 nitrogen and oxygen atoms in total. The summed E-state index contributed by atoms with van der Waals surface area (Å²) in [5.74, 6) is 1.000. The van der Waals surface area contributed by atoms with E-state index in [-0.39, 0.29) is 0 Å². The summed E-state index contributed by atoms with van der Waals surface area (Å²) in [6, 6.07) is 0. The maximum atomic E-state index is 5.06. The zero-order valence-electron chi connectivity index (χ0n) is 10.8. The van der Waals surface area contributed by atoms with Crippen molar-refractivity contribution in [3.8, 4) is 0 Å². The summed E-state index contributed by atoms with van der Waals surface area (Å²) >= 11 is 0. The highest BCUT2D eigenvalue weighted by atomic mass is 16.5.